The van der Waals surface area contributed by atoms with Gasteiger partial charge in [-0.05, 0) is 37.1 Å². The van der Waals surface area contributed by atoms with Gasteiger partial charge >= 0.3 is 11.9 Å². The van der Waals surface area contributed by atoms with Crippen molar-refractivity contribution in [3.63, 3.8) is 0 Å². The summed E-state index contributed by atoms with van der Waals surface area (Å²) in [5.41, 5.74) is 2.35. The van der Waals surface area contributed by atoms with Crippen LogP contribution in [0.2, 0.25) is 0 Å². The zero-order valence-corrected chi connectivity index (χ0v) is 22.0. The molecule has 0 radical (unpaired) electrons. The first-order chi connectivity index (χ1) is 17.9. The lowest BCUT2D eigenvalue weighted by atomic mass is 9.88. The van der Waals surface area contributed by atoms with Crippen LogP contribution in [0.1, 0.15) is 56.9 Å². The average Bonchev–Trinajstić information content (AvgIpc) is 2.92. The Balaban J connectivity index is 0.000000717. The number of piperazine rings is 1. The minimum atomic E-state index is -1.82. The molecule has 37 heavy (non-hydrogen) atoms. The highest BCUT2D eigenvalue weighted by atomic mass is 16.5. The molecule has 202 valence electrons. The number of carbonyl (C=O) groups excluding carboxylic acids is 1. The van der Waals surface area contributed by atoms with Crippen LogP contribution in [0.25, 0.3) is 0 Å². The summed E-state index contributed by atoms with van der Waals surface area (Å²) in [4.78, 5) is 36.2. The van der Waals surface area contributed by atoms with Gasteiger partial charge in [-0.1, -0.05) is 68.7 Å². The highest BCUT2D eigenvalue weighted by molar-refractivity contribution is 6.27. The van der Waals surface area contributed by atoms with E-state index in [2.05, 4.69) is 53.1 Å². The number of aliphatic carboxylic acids is 2. The zero-order chi connectivity index (χ0) is 27.0. The lowest BCUT2D eigenvalue weighted by Gasteiger charge is -2.37. The van der Waals surface area contributed by atoms with Crippen molar-refractivity contribution >= 4 is 23.4 Å². The molecular weight excluding hydrogens is 472 g/mol. The number of hydrogen-bond acceptors (Lipinski definition) is 6. The van der Waals surface area contributed by atoms with Crippen LogP contribution in [0.5, 0.6) is 5.75 Å². The molecule has 1 heterocycles. The number of hydrogen-bond donors (Lipinski definition) is 2. The molecule has 0 aliphatic carbocycles. The summed E-state index contributed by atoms with van der Waals surface area (Å²) < 4.78 is 5.53. The molecule has 1 saturated heterocycles. The van der Waals surface area contributed by atoms with Gasteiger partial charge in [0.15, 0.2) is 0 Å². The Labute approximate surface area is 219 Å². The SMILES string of the molecule is CCCCCCC(=O)C(CCN1CCN(c2ccccc2OC)CC1)c1ccccc1.O=C(O)C(=O)O. The maximum absolute atomic E-state index is 13.0. The number of ketones is 1. The molecule has 0 aromatic heterocycles. The van der Waals surface area contributed by atoms with E-state index >= 15 is 0 Å². The number of methoxy groups -OCH3 is 1. The fourth-order valence-electron chi connectivity index (χ4n) is 4.51. The van der Waals surface area contributed by atoms with Gasteiger partial charge in [0.05, 0.1) is 12.8 Å². The van der Waals surface area contributed by atoms with E-state index in [0.29, 0.717) is 12.2 Å². The monoisotopic (exact) mass is 512 g/mol. The molecule has 0 bridgehead atoms. The molecule has 0 spiro atoms. The van der Waals surface area contributed by atoms with Crippen molar-refractivity contribution in [3.05, 3.63) is 60.2 Å². The quantitative estimate of drug-likeness (QED) is 0.312. The molecule has 2 aromatic carbocycles. The Bertz CT molecular complexity index is 961. The van der Waals surface area contributed by atoms with Crippen LogP contribution in [0.4, 0.5) is 5.69 Å². The summed E-state index contributed by atoms with van der Waals surface area (Å²) in [6.45, 7) is 7.19. The van der Waals surface area contributed by atoms with Crippen LogP contribution >= 0.6 is 0 Å². The topological polar surface area (TPSA) is 107 Å². The van der Waals surface area contributed by atoms with Gasteiger partial charge in [0.2, 0.25) is 0 Å². The molecule has 2 aromatic rings. The first-order valence-electron chi connectivity index (χ1n) is 13.0. The summed E-state index contributed by atoms with van der Waals surface area (Å²) in [7, 11) is 1.73. The molecule has 1 aliphatic heterocycles. The van der Waals surface area contributed by atoms with Gasteiger partial charge in [-0.2, -0.15) is 0 Å². The number of carboxylic acids is 2. The number of benzene rings is 2. The summed E-state index contributed by atoms with van der Waals surface area (Å²) in [5, 5.41) is 14.8. The van der Waals surface area contributed by atoms with E-state index in [1.807, 2.05) is 18.2 Å². The Morgan fingerprint density at radius 2 is 1.49 bits per heavy atom. The number of carbonyl (C=O) groups is 3. The van der Waals surface area contributed by atoms with Crippen molar-refractivity contribution in [1.82, 2.24) is 4.90 Å². The Hall–Kier alpha value is -3.39. The van der Waals surface area contributed by atoms with Crippen LogP contribution in [-0.4, -0.2) is 72.7 Å². The molecule has 1 unspecified atom stereocenters. The van der Waals surface area contributed by atoms with Crippen molar-refractivity contribution in [2.75, 3.05) is 44.7 Å². The van der Waals surface area contributed by atoms with Crippen LogP contribution in [0.15, 0.2) is 54.6 Å². The van der Waals surface area contributed by atoms with Gasteiger partial charge in [0.1, 0.15) is 11.5 Å². The molecule has 1 fully saturated rings. The number of anilines is 1. The minimum absolute atomic E-state index is 0.0232. The van der Waals surface area contributed by atoms with Crippen molar-refractivity contribution in [2.24, 2.45) is 0 Å². The maximum atomic E-state index is 13.0. The summed E-state index contributed by atoms with van der Waals surface area (Å²) in [5.74, 6) is -2.27. The van der Waals surface area contributed by atoms with E-state index in [4.69, 9.17) is 24.5 Å². The highest BCUT2D eigenvalue weighted by Crippen LogP contribution is 2.29. The highest BCUT2D eigenvalue weighted by Gasteiger charge is 2.24. The van der Waals surface area contributed by atoms with Gasteiger partial charge in [0.25, 0.3) is 0 Å². The molecule has 0 saturated carbocycles. The van der Waals surface area contributed by atoms with E-state index in [9.17, 15) is 4.79 Å². The molecule has 1 atom stereocenters. The molecular formula is C29H40N2O6. The Morgan fingerprint density at radius 1 is 0.865 bits per heavy atom. The van der Waals surface area contributed by atoms with Crippen molar-refractivity contribution in [1.29, 1.82) is 0 Å². The molecule has 2 N–H and O–H groups in total. The molecule has 1 aliphatic rings. The predicted molar refractivity (Wildman–Crippen MR) is 144 cm³/mol. The normalized spacial score (nSPS) is 14.3. The van der Waals surface area contributed by atoms with Crippen LogP contribution in [0.3, 0.4) is 0 Å². The second kappa shape index (κ2) is 16.4. The largest absolute Gasteiger partial charge is 0.495 e. The Kier molecular flexibility index (Phi) is 13.2. The second-order valence-electron chi connectivity index (χ2n) is 9.14. The van der Waals surface area contributed by atoms with E-state index in [0.717, 1.165) is 57.7 Å². The van der Waals surface area contributed by atoms with Gasteiger partial charge in [0, 0.05) is 38.5 Å². The van der Waals surface area contributed by atoms with Crippen LogP contribution in [-0.2, 0) is 14.4 Å². The van der Waals surface area contributed by atoms with Gasteiger partial charge in [-0.25, -0.2) is 9.59 Å². The molecule has 0 amide bonds. The smallest absolute Gasteiger partial charge is 0.414 e. The average molecular weight is 513 g/mol. The number of ether oxygens (including phenoxy) is 1. The molecule has 8 heteroatoms. The van der Waals surface area contributed by atoms with Gasteiger partial charge in [-0.3, -0.25) is 9.69 Å². The van der Waals surface area contributed by atoms with Gasteiger partial charge in [-0.15, -0.1) is 0 Å². The number of para-hydroxylation sites is 2. The predicted octanol–water partition coefficient (Wildman–Crippen LogP) is 4.69. The first-order valence-corrected chi connectivity index (χ1v) is 13.0. The van der Waals surface area contributed by atoms with E-state index in [1.165, 1.54) is 24.1 Å². The van der Waals surface area contributed by atoms with Crippen molar-refractivity contribution in [2.45, 2.75) is 51.4 Å². The summed E-state index contributed by atoms with van der Waals surface area (Å²) in [6, 6.07) is 18.6. The zero-order valence-electron chi connectivity index (χ0n) is 22.0. The third-order valence-corrected chi connectivity index (χ3v) is 6.58. The van der Waals surface area contributed by atoms with E-state index in [-0.39, 0.29) is 5.92 Å². The van der Waals surface area contributed by atoms with Crippen molar-refractivity contribution < 1.29 is 29.3 Å². The fraction of sp³-hybridized carbons (Fsp3) is 0.483. The third-order valence-electron chi connectivity index (χ3n) is 6.58. The minimum Gasteiger partial charge on any atom is -0.495 e. The molecule has 8 nitrogen and oxygen atoms in total. The Morgan fingerprint density at radius 3 is 2.08 bits per heavy atom. The molecule has 3 rings (SSSR count). The van der Waals surface area contributed by atoms with Crippen molar-refractivity contribution in [3.8, 4) is 5.75 Å². The standard InChI is InChI=1S/C27H38N2O2.C2H2O4/c1-3-4-5-9-15-26(30)24(23-12-7-6-8-13-23)17-18-28-19-21-29(22-20-28)25-14-10-11-16-27(25)31-2;3-1(4)2(5)6/h6-8,10-14,16,24H,3-5,9,15,17-22H2,1-2H3;(H,3,4)(H,5,6). The van der Waals surface area contributed by atoms with Crippen LogP contribution < -0.4 is 9.64 Å². The lowest BCUT2D eigenvalue weighted by molar-refractivity contribution is -0.159. The fourth-order valence-corrected chi connectivity index (χ4v) is 4.51. The number of rotatable bonds is 12. The third kappa shape index (κ3) is 10.2. The summed E-state index contributed by atoms with van der Waals surface area (Å²) >= 11 is 0. The number of unbranched alkanes of at least 4 members (excludes halogenated alkanes) is 3. The van der Waals surface area contributed by atoms with E-state index < -0.39 is 11.9 Å². The first kappa shape index (κ1) is 29.8. The van der Waals surface area contributed by atoms with Gasteiger partial charge < -0.3 is 19.8 Å². The number of Topliss-reactive ketones (excluding diaryl/α,β-unsaturated/α-hetero) is 1. The van der Waals surface area contributed by atoms with Crippen LogP contribution in [0, 0.1) is 0 Å². The lowest BCUT2D eigenvalue weighted by Crippen LogP contribution is -2.47. The number of carboxylic acid groups (broad SMARTS) is 2. The van der Waals surface area contributed by atoms with E-state index in [1.54, 1.807) is 7.11 Å². The maximum Gasteiger partial charge on any atom is 0.414 e. The second-order valence-corrected chi connectivity index (χ2v) is 9.14. The summed E-state index contributed by atoms with van der Waals surface area (Å²) in [6.07, 6.45) is 6.23. The number of nitrogens with zero attached hydrogens (tertiary/aromatic N) is 2.